The van der Waals surface area contributed by atoms with Crippen LogP contribution in [0.3, 0.4) is 0 Å². The number of unbranched alkanes of at least 4 members (excludes halogenated alkanes) is 1. The summed E-state index contributed by atoms with van der Waals surface area (Å²) in [6.07, 6.45) is 1.44. The lowest BCUT2D eigenvalue weighted by Crippen LogP contribution is -2.54. The minimum absolute atomic E-state index is 0.0477. The highest BCUT2D eigenvalue weighted by Crippen LogP contribution is 2.12. The number of nitrogens with two attached hydrogens (primary N) is 1. The molecule has 0 bridgehead atoms. The first kappa shape index (κ1) is 36.9. The molecule has 0 spiro atoms. The van der Waals surface area contributed by atoms with Crippen molar-refractivity contribution in [2.24, 2.45) is 5.73 Å². The minimum Gasteiger partial charge on any atom is -0.508 e. The first-order valence-corrected chi connectivity index (χ1v) is 15.8. The third-order valence-electron chi connectivity index (χ3n) is 6.51. The van der Waals surface area contributed by atoms with Gasteiger partial charge in [0.1, 0.15) is 23.9 Å². The van der Waals surface area contributed by atoms with Crippen LogP contribution in [0.4, 0.5) is 0 Å². The molecule has 0 unspecified atom stereocenters. The normalized spacial score (nSPS) is 12.6. The molecule has 45 heavy (non-hydrogen) atoms. The summed E-state index contributed by atoms with van der Waals surface area (Å²) in [7, 11) is 0. The molecule has 15 heteroatoms. The molecule has 2 aromatic rings. The molecule has 0 saturated carbocycles. The monoisotopic (exact) mass is 738 g/mol. The van der Waals surface area contributed by atoms with Crippen LogP contribution < -0.4 is 32.3 Å². The number of aromatic hydroxyl groups is 1. The number of benzene rings is 2. The first-order chi connectivity index (χ1) is 21.5. The summed E-state index contributed by atoms with van der Waals surface area (Å²) in [5, 5.41) is 31.4. The van der Waals surface area contributed by atoms with Crippen molar-refractivity contribution in [1.29, 1.82) is 0 Å². The molecular weight excluding hydrogens is 699 g/mol. The fourth-order valence-corrected chi connectivity index (χ4v) is 4.39. The van der Waals surface area contributed by atoms with Crippen molar-refractivity contribution in [1.82, 2.24) is 26.6 Å². The van der Waals surface area contributed by atoms with E-state index in [1.807, 2.05) is 22.6 Å². The van der Waals surface area contributed by atoms with E-state index in [-0.39, 0.29) is 35.3 Å². The fraction of sp³-hybridized carbons (Fsp3) is 0.400. The Bertz CT molecular complexity index is 1300. The smallest absolute Gasteiger partial charge is 0.326 e. The van der Waals surface area contributed by atoms with Crippen LogP contribution in [0, 0.1) is 0 Å². The van der Waals surface area contributed by atoms with Crippen LogP contribution in [-0.2, 0) is 41.6 Å². The van der Waals surface area contributed by atoms with Crippen LogP contribution in [0.2, 0.25) is 0 Å². The number of carbonyl (C=O) groups excluding carboxylic acids is 5. The average Bonchev–Trinajstić information content (AvgIpc) is 3.02. The second-order valence-corrected chi connectivity index (χ2v) is 10.9. The second-order valence-electron chi connectivity index (χ2n) is 10.1. The van der Waals surface area contributed by atoms with E-state index in [1.54, 1.807) is 42.5 Å². The molecule has 2 aromatic carbocycles. The summed E-state index contributed by atoms with van der Waals surface area (Å²) in [4.78, 5) is 74.7. The number of carbonyl (C=O) groups is 6. The van der Waals surface area contributed by atoms with E-state index < -0.39 is 60.8 Å². The Morgan fingerprint density at radius 2 is 1.27 bits per heavy atom. The van der Waals surface area contributed by atoms with E-state index in [2.05, 4.69) is 26.6 Å². The number of halogens is 1. The van der Waals surface area contributed by atoms with Gasteiger partial charge in [0.25, 0.3) is 0 Å². The van der Waals surface area contributed by atoms with Crippen LogP contribution >= 0.6 is 22.6 Å². The summed E-state index contributed by atoms with van der Waals surface area (Å²) in [5.41, 5.74) is 6.86. The molecule has 14 nitrogen and oxygen atoms in total. The number of amides is 5. The van der Waals surface area contributed by atoms with E-state index in [9.17, 15) is 39.0 Å². The van der Waals surface area contributed by atoms with Crippen molar-refractivity contribution < 1.29 is 39.0 Å². The lowest BCUT2D eigenvalue weighted by atomic mass is 10.0. The number of carboxylic acid groups (broad SMARTS) is 1. The van der Waals surface area contributed by atoms with Gasteiger partial charge in [-0.15, -0.1) is 0 Å². The number of rotatable bonds is 19. The number of phenols is 1. The molecular formula is C30H39IN6O8. The van der Waals surface area contributed by atoms with Crippen molar-refractivity contribution in [3.8, 4) is 5.75 Å². The number of nitrogens with one attached hydrogen (secondary N) is 5. The van der Waals surface area contributed by atoms with Gasteiger partial charge in [0, 0.05) is 12.8 Å². The predicted octanol–water partition coefficient (Wildman–Crippen LogP) is -0.487. The quantitative estimate of drug-likeness (QED) is 0.0528. The third-order valence-corrected chi connectivity index (χ3v) is 7.21. The summed E-state index contributed by atoms with van der Waals surface area (Å²) >= 11 is 1.85. The standard InChI is InChI=1S/C30H39IN6O8/c31-16-25(39)35-23(15-20-9-11-21(38)12-10-20)28(42)34-17-26(40)33-18-27(41)36-24(14-19-6-2-1-3-7-19)29(43)37-22(30(44)45)8-4-5-13-32/h1-3,6-7,9-12,22-24,38H,4-5,8,13-18,32H2,(H,33,40)(H,34,42)(H,35,39)(H,36,41)(H,37,43)(H,44,45)/t22-,23-,24-/m0/s1. The van der Waals surface area contributed by atoms with Crippen molar-refractivity contribution >= 4 is 58.1 Å². The van der Waals surface area contributed by atoms with Gasteiger partial charge in [-0.25, -0.2) is 4.79 Å². The lowest BCUT2D eigenvalue weighted by molar-refractivity contribution is -0.142. The highest BCUT2D eigenvalue weighted by Gasteiger charge is 2.27. The molecule has 3 atom stereocenters. The summed E-state index contributed by atoms with van der Waals surface area (Å²) in [5.74, 6) is -4.27. The number of alkyl halides is 1. The van der Waals surface area contributed by atoms with Crippen LogP contribution in [0.25, 0.3) is 0 Å². The largest absolute Gasteiger partial charge is 0.508 e. The van der Waals surface area contributed by atoms with Gasteiger partial charge in [-0.05, 0) is 49.1 Å². The summed E-state index contributed by atoms with van der Waals surface area (Å²) in [6.45, 7) is -0.623. The van der Waals surface area contributed by atoms with E-state index in [1.165, 1.54) is 12.1 Å². The van der Waals surface area contributed by atoms with Gasteiger partial charge in [-0.1, -0.05) is 65.1 Å². The van der Waals surface area contributed by atoms with Gasteiger partial charge in [-0.3, -0.25) is 24.0 Å². The number of carboxylic acids is 1. The Balaban J connectivity index is 1.96. The fourth-order valence-electron chi connectivity index (χ4n) is 4.17. The molecule has 2 rings (SSSR count). The zero-order valence-corrected chi connectivity index (χ0v) is 26.7. The van der Waals surface area contributed by atoms with Crippen molar-refractivity contribution in [2.75, 3.05) is 24.1 Å². The molecule has 0 aliphatic rings. The van der Waals surface area contributed by atoms with Crippen LogP contribution in [0.15, 0.2) is 54.6 Å². The molecule has 0 fully saturated rings. The Hall–Kier alpha value is -4.25. The molecule has 244 valence electrons. The third kappa shape index (κ3) is 14.4. The molecule has 0 heterocycles. The van der Waals surface area contributed by atoms with Crippen LogP contribution in [-0.4, -0.2) is 87.9 Å². The highest BCUT2D eigenvalue weighted by atomic mass is 127. The molecule has 0 aromatic heterocycles. The van der Waals surface area contributed by atoms with Gasteiger partial charge in [-0.2, -0.15) is 0 Å². The maximum atomic E-state index is 13.1. The Morgan fingerprint density at radius 3 is 1.87 bits per heavy atom. The van der Waals surface area contributed by atoms with Gasteiger partial charge >= 0.3 is 5.97 Å². The van der Waals surface area contributed by atoms with Crippen LogP contribution in [0.1, 0.15) is 30.4 Å². The number of aliphatic carboxylic acids is 1. The molecule has 0 aliphatic heterocycles. The topological polar surface area (TPSA) is 229 Å². The Morgan fingerprint density at radius 1 is 0.689 bits per heavy atom. The molecule has 0 aliphatic carbocycles. The van der Waals surface area contributed by atoms with Crippen molar-refractivity contribution in [2.45, 2.75) is 50.2 Å². The maximum absolute atomic E-state index is 13.1. The number of phenolic OH excluding ortho intramolecular Hbond substituents is 1. The summed E-state index contributed by atoms with van der Waals surface area (Å²) in [6, 6.07) is 11.6. The van der Waals surface area contributed by atoms with Gasteiger partial charge in [0.15, 0.2) is 0 Å². The van der Waals surface area contributed by atoms with E-state index in [0.717, 1.165) is 5.56 Å². The highest BCUT2D eigenvalue weighted by molar-refractivity contribution is 14.1. The van der Waals surface area contributed by atoms with E-state index >= 15 is 0 Å². The van der Waals surface area contributed by atoms with E-state index in [0.29, 0.717) is 24.9 Å². The lowest BCUT2D eigenvalue weighted by Gasteiger charge is -2.22. The Kier molecular flexibility index (Phi) is 16.3. The molecule has 0 saturated heterocycles. The molecule has 0 radical (unpaired) electrons. The number of hydrogen-bond donors (Lipinski definition) is 8. The maximum Gasteiger partial charge on any atom is 0.326 e. The molecule has 5 amide bonds. The summed E-state index contributed by atoms with van der Waals surface area (Å²) < 4.78 is 0.112. The average molecular weight is 739 g/mol. The van der Waals surface area contributed by atoms with Gasteiger partial charge in [0.2, 0.25) is 29.5 Å². The molecule has 9 N–H and O–H groups in total. The van der Waals surface area contributed by atoms with Crippen LogP contribution in [0.5, 0.6) is 5.75 Å². The Labute approximate surface area is 274 Å². The van der Waals surface area contributed by atoms with Gasteiger partial charge < -0.3 is 42.5 Å². The van der Waals surface area contributed by atoms with Crippen molar-refractivity contribution in [3.63, 3.8) is 0 Å². The second kappa shape index (κ2) is 19.9. The zero-order chi connectivity index (χ0) is 33.2. The first-order valence-electron chi connectivity index (χ1n) is 14.3. The zero-order valence-electron chi connectivity index (χ0n) is 24.6. The predicted molar refractivity (Wildman–Crippen MR) is 173 cm³/mol. The minimum atomic E-state index is -1.21. The van der Waals surface area contributed by atoms with Gasteiger partial charge in [0.05, 0.1) is 17.5 Å². The number of hydrogen-bond acceptors (Lipinski definition) is 8. The van der Waals surface area contributed by atoms with Crippen molar-refractivity contribution in [3.05, 3.63) is 65.7 Å². The SMILES string of the molecule is NCCCC[C@H](NC(=O)[C@H](Cc1ccccc1)NC(=O)CNC(=O)CNC(=O)[C@H](Cc1ccc(O)cc1)NC(=O)CI)C(=O)O. The van der Waals surface area contributed by atoms with E-state index in [4.69, 9.17) is 5.73 Å².